The van der Waals surface area contributed by atoms with Crippen LogP contribution in [-0.4, -0.2) is 22.3 Å². The summed E-state index contributed by atoms with van der Waals surface area (Å²) in [4.78, 5) is 3.68. The van der Waals surface area contributed by atoms with Crippen molar-refractivity contribution in [3.8, 4) is 0 Å². The summed E-state index contributed by atoms with van der Waals surface area (Å²) < 4.78 is 19.1. The van der Waals surface area contributed by atoms with Gasteiger partial charge in [0.2, 0.25) is 0 Å². The van der Waals surface area contributed by atoms with Gasteiger partial charge >= 0.3 is 0 Å². The fourth-order valence-electron chi connectivity index (χ4n) is 2.87. The van der Waals surface area contributed by atoms with Crippen molar-refractivity contribution in [2.45, 2.75) is 37.6 Å². The number of aliphatic hydroxyl groups excluding tert-OH is 1. The van der Waals surface area contributed by atoms with E-state index in [0.29, 0.717) is 5.56 Å². The molecule has 2 aliphatic heterocycles. The number of pyridine rings is 1. The van der Waals surface area contributed by atoms with E-state index in [1.807, 2.05) is 0 Å². The minimum atomic E-state index is -0.765. The molecular weight excluding hydrogens is 209 g/mol. The largest absolute Gasteiger partial charge is 0.388 e. The Balaban J connectivity index is 1.83. The first-order valence-electron chi connectivity index (χ1n) is 5.68. The van der Waals surface area contributed by atoms with E-state index in [1.165, 1.54) is 6.20 Å². The van der Waals surface area contributed by atoms with Gasteiger partial charge in [0, 0.05) is 17.7 Å². The Morgan fingerprint density at radius 2 is 2.38 bits per heavy atom. The van der Waals surface area contributed by atoms with Gasteiger partial charge in [-0.3, -0.25) is 4.98 Å². The number of aliphatic hydroxyl groups is 1. The molecule has 4 atom stereocenters. The number of hydrogen-bond acceptors (Lipinski definition) is 3. The molecule has 3 rings (SSSR count). The molecule has 2 fully saturated rings. The molecular formula is C12H14FNO2. The highest BCUT2D eigenvalue weighted by Crippen LogP contribution is 2.44. The van der Waals surface area contributed by atoms with Crippen LogP contribution in [-0.2, 0) is 4.74 Å². The van der Waals surface area contributed by atoms with E-state index in [-0.39, 0.29) is 18.1 Å². The quantitative estimate of drug-likeness (QED) is 0.831. The van der Waals surface area contributed by atoms with Gasteiger partial charge in [0.25, 0.3) is 0 Å². The van der Waals surface area contributed by atoms with Crippen molar-refractivity contribution in [1.82, 2.24) is 4.98 Å². The van der Waals surface area contributed by atoms with E-state index < -0.39 is 11.9 Å². The summed E-state index contributed by atoms with van der Waals surface area (Å²) in [5.41, 5.74) is 0.344. The summed E-state index contributed by atoms with van der Waals surface area (Å²) >= 11 is 0. The van der Waals surface area contributed by atoms with Crippen molar-refractivity contribution in [3.63, 3.8) is 0 Å². The van der Waals surface area contributed by atoms with Crippen LogP contribution in [0.2, 0.25) is 0 Å². The normalized spacial score (nSPS) is 34.2. The molecule has 1 aromatic heterocycles. The molecule has 1 N–H and O–H groups in total. The van der Waals surface area contributed by atoms with E-state index in [2.05, 4.69) is 4.98 Å². The number of aromatic nitrogens is 1. The average molecular weight is 223 g/mol. The zero-order valence-corrected chi connectivity index (χ0v) is 8.84. The van der Waals surface area contributed by atoms with Crippen LogP contribution in [0.1, 0.15) is 30.9 Å². The van der Waals surface area contributed by atoms with Crippen molar-refractivity contribution in [3.05, 3.63) is 29.8 Å². The van der Waals surface area contributed by atoms with Gasteiger partial charge in [-0.1, -0.05) is 0 Å². The topological polar surface area (TPSA) is 42.4 Å². The van der Waals surface area contributed by atoms with E-state index in [9.17, 15) is 9.50 Å². The molecule has 0 radical (unpaired) electrons. The maximum absolute atomic E-state index is 13.5. The Morgan fingerprint density at radius 3 is 3.00 bits per heavy atom. The second kappa shape index (κ2) is 3.79. The molecule has 0 aromatic carbocycles. The number of hydrogen-bond donors (Lipinski definition) is 1. The predicted octanol–water partition coefficient (Wildman–Crippen LogP) is 1.82. The zero-order chi connectivity index (χ0) is 11.1. The van der Waals surface area contributed by atoms with E-state index in [1.54, 1.807) is 6.07 Å². The van der Waals surface area contributed by atoms with Crippen molar-refractivity contribution >= 4 is 0 Å². The summed E-state index contributed by atoms with van der Waals surface area (Å²) in [6.45, 7) is 0. The van der Waals surface area contributed by atoms with Gasteiger partial charge in [0.1, 0.15) is 5.82 Å². The third-order valence-electron chi connectivity index (χ3n) is 3.68. The Kier molecular flexibility index (Phi) is 2.41. The zero-order valence-electron chi connectivity index (χ0n) is 8.84. The average Bonchev–Trinajstić information content (AvgIpc) is 2.90. The molecule has 0 spiro atoms. The van der Waals surface area contributed by atoms with Gasteiger partial charge < -0.3 is 9.84 Å². The van der Waals surface area contributed by atoms with E-state index in [0.717, 1.165) is 25.5 Å². The van der Waals surface area contributed by atoms with Gasteiger partial charge in [0.05, 0.1) is 24.5 Å². The highest BCUT2D eigenvalue weighted by atomic mass is 19.1. The molecule has 0 amide bonds. The Morgan fingerprint density at radius 1 is 1.50 bits per heavy atom. The van der Waals surface area contributed by atoms with Crippen LogP contribution in [0.3, 0.4) is 0 Å². The molecule has 4 unspecified atom stereocenters. The first kappa shape index (κ1) is 10.2. The molecule has 3 nitrogen and oxygen atoms in total. The third-order valence-corrected chi connectivity index (χ3v) is 3.68. The van der Waals surface area contributed by atoms with Crippen LogP contribution in [0.25, 0.3) is 0 Å². The molecule has 86 valence electrons. The van der Waals surface area contributed by atoms with Crippen LogP contribution in [0.5, 0.6) is 0 Å². The predicted molar refractivity (Wildman–Crippen MR) is 55.2 cm³/mol. The molecule has 1 aromatic rings. The molecule has 2 bridgehead atoms. The maximum atomic E-state index is 13.5. The van der Waals surface area contributed by atoms with Crippen molar-refractivity contribution in [2.24, 2.45) is 5.92 Å². The minimum absolute atomic E-state index is 0.0376. The third kappa shape index (κ3) is 1.53. The first-order valence-corrected chi connectivity index (χ1v) is 5.68. The van der Waals surface area contributed by atoms with Gasteiger partial charge in [-0.2, -0.15) is 0 Å². The van der Waals surface area contributed by atoms with Gasteiger partial charge in [-0.15, -0.1) is 0 Å². The summed E-state index contributed by atoms with van der Waals surface area (Å²) in [6, 6.07) is 1.55. The molecule has 2 saturated heterocycles. The van der Waals surface area contributed by atoms with Crippen LogP contribution in [0.4, 0.5) is 4.39 Å². The summed E-state index contributed by atoms with van der Waals surface area (Å²) in [5.74, 6) is -0.395. The first-order chi connectivity index (χ1) is 7.75. The molecule has 2 aliphatic rings. The van der Waals surface area contributed by atoms with Crippen LogP contribution in [0.15, 0.2) is 18.5 Å². The number of nitrogens with zero attached hydrogens (tertiary/aromatic N) is 1. The summed E-state index contributed by atoms with van der Waals surface area (Å²) in [5, 5.41) is 10.2. The lowest BCUT2D eigenvalue weighted by Crippen LogP contribution is -2.24. The second-order valence-corrected chi connectivity index (χ2v) is 4.62. The van der Waals surface area contributed by atoms with Gasteiger partial charge in [-0.05, 0) is 25.3 Å². The fraction of sp³-hybridized carbons (Fsp3) is 0.583. The van der Waals surface area contributed by atoms with Crippen LogP contribution in [0, 0.1) is 11.7 Å². The molecule has 0 aliphatic carbocycles. The van der Waals surface area contributed by atoms with Crippen molar-refractivity contribution in [1.29, 1.82) is 0 Å². The fourth-order valence-corrected chi connectivity index (χ4v) is 2.87. The number of ether oxygens (including phenoxy) is 1. The lowest BCUT2D eigenvalue weighted by atomic mass is 9.83. The molecule has 0 saturated carbocycles. The lowest BCUT2D eigenvalue weighted by Gasteiger charge is -2.24. The van der Waals surface area contributed by atoms with Crippen molar-refractivity contribution in [2.75, 3.05) is 0 Å². The SMILES string of the molecule is OC(c1ccncc1F)C1CC2CCC1O2. The number of halogens is 1. The van der Waals surface area contributed by atoms with E-state index in [4.69, 9.17) is 4.74 Å². The van der Waals surface area contributed by atoms with E-state index >= 15 is 0 Å². The Labute approximate surface area is 93.3 Å². The maximum Gasteiger partial charge on any atom is 0.147 e. The number of fused-ring (bicyclic) bond motifs is 2. The highest BCUT2D eigenvalue weighted by molar-refractivity contribution is 5.18. The second-order valence-electron chi connectivity index (χ2n) is 4.62. The molecule has 3 heterocycles. The van der Waals surface area contributed by atoms with Gasteiger partial charge in [-0.25, -0.2) is 4.39 Å². The van der Waals surface area contributed by atoms with Gasteiger partial charge in [0.15, 0.2) is 0 Å². The van der Waals surface area contributed by atoms with Crippen molar-refractivity contribution < 1.29 is 14.2 Å². The number of rotatable bonds is 2. The summed E-state index contributed by atoms with van der Waals surface area (Å²) in [7, 11) is 0. The monoisotopic (exact) mass is 223 g/mol. The van der Waals surface area contributed by atoms with Crippen LogP contribution < -0.4 is 0 Å². The Bertz CT molecular complexity index is 398. The minimum Gasteiger partial charge on any atom is -0.388 e. The Hall–Kier alpha value is -1.00. The molecule has 16 heavy (non-hydrogen) atoms. The highest BCUT2D eigenvalue weighted by Gasteiger charge is 2.44. The lowest BCUT2D eigenvalue weighted by molar-refractivity contribution is 0.0406. The molecule has 4 heteroatoms. The smallest absolute Gasteiger partial charge is 0.147 e. The standard InChI is InChI=1S/C12H14FNO2/c13-10-6-14-4-3-8(10)12(15)9-5-7-1-2-11(9)16-7/h3-4,6-7,9,11-12,15H,1-2,5H2. The van der Waals surface area contributed by atoms with Crippen LogP contribution >= 0.6 is 0 Å². The summed E-state index contributed by atoms with van der Waals surface area (Å²) in [6.07, 6.45) is 5.17.